The SMILES string of the molecule is COc1ccc([C@H](Cc2c(Cl)c[n+](O)cc2Cl)c2oc(COc3cccc([C@@H](NC(=O)O[C@H]4CN5CCC4CC5)c4ccccc4)c3)nc2C(=O)[O-])cc1OC.O=CO. The summed E-state index contributed by atoms with van der Waals surface area (Å²) in [5.74, 6) is -0.832. The van der Waals surface area contributed by atoms with Crippen molar-refractivity contribution in [3.63, 3.8) is 0 Å². The number of carbonyl (C=O) groups excluding carboxylic acids is 2. The van der Waals surface area contributed by atoms with Gasteiger partial charge in [0.25, 0.3) is 6.47 Å². The maximum Gasteiger partial charge on any atom is 0.408 e. The number of hydrogen-bond acceptors (Lipinski definition) is 12. The molecule has 1 amide bonds. The standard InChI is InChI=1S/C41H40Cl2N4O9.CH2O2/c1-52-33-12-11-26(18-34(33)53-2)29(19-30-31(42)20-47(51)21-32(30)43)39-38(40(48)49)44-36(56-39)23-54-28-10-6-9-27(17-28)37(25-7-4-3-5-8-25)45-41(50)55-35-22-46-15-13-24(35)14-16-46;2-1-3/h3-12,17-18,20-21,24,29,35,37H,13-16,19,22-23H2,1-2H3,(H2-,45,48,49,50,51);1H,(H,2,3)/t29-,35-,37-;/m0./s1. The van der Waals surface area contributed by atoms with Crippen molar-refractivity contribution in [1.82, 2.24) is 15.2 Å². The second-order valence-corrected chi connectivity index (χ2v) is 14.6. The van der Waals surface area contributed by atoms with Gasteiger partial charge in [-0.15, -0.1) is 0 Å². The summed E-state index contributed by atoms with van der Waals surface area (Å²) in [6.07, 6.45) is 3.97. The Bertz CT molecular complexity index is 2230. The summed E-state index contributed by atoms with van der Waals surface area (Å²) in [6, 6.07) is 21.3. The lowest BCUT2D eigenvalue weighted by atomic mass is 9.86. The first-order valence-corrected chi connectivity index (χ1v) is 19.3. The van der Waals surface area contributed by atoms with Crippen molar-refractivity contribution in [1.29, 1.82) is 0 Å². The van der Waals surface area contributed by atoms with Crippen LogP contribution in [0, 0.1) is 5.92 Å². The maximum atomic E-state index is 13.3. The monoisotopic (exact) mass is 848 g/mol. The summed E-state index contributed by atoms with van der Waals surface area (Å²) in [6.45, 7) is 2.32. The molecule has 3 fully saturated rings. The molecule has 5 aromatic rings. The van der Waals surface area contributed by atoms with Gasteiger partial charge in [-0.1, -0.05) is 71.7 Å². The van der Waals surface area contributed by atoms with Crippen molar-refractivity contribution in [2.75, 3.05) is 33.9 Å². The van der Waals surface area contributed by atoms with Crippen LogP contribution in [0.1, 0.15) is 69.2 Å². The van der Waals surface area contributed by atoms with Gasteiger partial charge in [0.15, 0.2) is 18.1 Å². The fourth-order valence-electron chi connectivity index (χ4n) is 7.46. The molecule has 310 valence electrons. The van der Waals surface area contributed by atoms with E-state index < -0.39 is 29.7 Å². The third-order valence-corrected chi connectivity index (χ3v) is 10.9. The number of hydrogen-bond donors (Lipinski definition) is 3. The molecule has 3 saturated heterocycles. The van der Waals surface area contributed by atoms with Crippen LogP contribution in [0.4, 0.5) is 4.79 Å². The van der Waals surface area contributed by atoms with E-state index in [-0.39, 0.29) is 47.3 Å². The van der Waals surface area contributed by atoms with Crippen molar-refractivity contribution in [3.05, 3.63) is 135 Å². The van der Waals surface area contributed by atoms with E-state index >= 15 is 0 Å². The van der Waals surface area contributed by atoms with Crippen LogP contribution in [0.2, 0.25) is 10.0 Å². The number of fused-ring (bicyclic) bond motifs is 3. The Morgan fingerprint density at radius 3 is 2.29 bits per heavy atom. The molecule has 0 spiro atoms. The van der Waals surface area contributed by atoms with Gasteiger partial charge in [-0.05, 0) is 79.2 Å². The fraction of sp³-hybridized carbons (Fsp3) is 0.310. The number of nitrogens with one attached hydrogen (secondary N) is 1. The van der Waals surface area contributed by atoms with Gasteiger partial charge in [-0.25, -0.2) is 9.78 Å². The summed E-state index contributed by atoms with van der Waals surface area (Å²) < 4.78 is 29.9. The van der Waals surface area contributed by atoms with Gasteiger partial charge >= 0.3 is 6.09 Å². The lowest BCUT2D eigenvalue weighted by Gasteiger charge is -2.43. The molecular formula is C42H42Cl2N4O11. The van der Waals surface area contributed by atoms with Crippen LogP contribution < -0.4 is 29.4 Å². The van der Waals surface area contributed by atoms with Crippen molar-refractivity contribution in [3.8, 4) is 17.2 Å². The van der Waals surface area contributed by atoms with E-state index in [2.05, 4.69) is 15.2 Å². The summed E-state index contributed by atoms with van der Waals surface area (Å²) >= 11 is 13.0. The molecule has 5 heterocycles. The van der Waals surface area contributed by atoms with E-state index in [0.29, 0.717) is 34.3 Å². The molecule has 2 bridgehead atoms. The number of oxazole rings is 1. The average Bonchev–Trinajstić information content (AvgIpc) is 3.67. The zero-order chi connectivity index (χ0) is 42.1. The number of alkyl carbamates (subject to hydrolysis) is 1. The summed E-state index contributed by atoms with van der Waals surface area (Å²) in [7, 11) is 2.98. The minimum absolute atomic E-state index is 0.0348. The maximum absolute atomic E-state index is 13.3. The zero-order valence-electron chi connectivity index (χ0n) is 32.1. The van der Waals surface area contributed by atoms with Crippen molar-refractivity contribution in [2.45, 2.75) is 43.9 Å². The summed E-state index contributed by atoms with van der Waals surface area (Å²) in [4.78, 5) is 40.8. The van der Waals surface area contributed by atoms with Crippen LogP contribution in [0.25, 0.3) is 0 Å². The number of methoxy groups -OCH3 is 2. The second kappa shape index (κ2) is 19.6. The Balaban J connectivity index is 0.00000189. The molecule has 0 saturated carbocycles. The molecule has 0 unspecified atom stereocenters. The van der Waals surface area contributed by atoms with E-state index in [1.807, 2.05) is 36.4 Å². The minimum Gasteiger partial charge on any atom is -0.543 e. The number of aromatic carboxylic acids is 1. The molecule has 3 aromatic carbocycles. The molecule has 0 radical (unpaired) electrons. The van der Waals surface area contributed by atoms with Crippen LogP contribution in [0.5, 0.6) is 17.2 Å². The number of rotatable bonds is 14. The molecule has 0 aliphatic carbocycles. The van der Waals surface area contributed by atoms with Gasteiger partial charge in [0.1, 0.15) is 33.4 Å². The molecule has 8 rings (SSSR count). The quantitative estimate of drug-likeness (QED) is 0.0726. The first-order valence-electron chi connectivity index (χ1n) is 18.6. The normalized spacial score (nSPS) is 17.7. The van der Waals surface area contributed by atoms with Gasteiger partial charge in [-0.2, -0.15) is 0 Å². The number of piperidine rings is 3. The largest absolute Gasteiger partial charge is 0.543 e. The van der Waals surface area contributed by atoms with E-state index in [9.17, 15) is 19.9 Å². The number of benzene rings is 3. The predicted molar refractivity (Wildman–Crippen MR) is 210 cm³/mol. The van der Waals surface area contributed by atoms with Crippen LogP contribution in [-0.4, -0.2) is 78.7 Å². The van der Waals surface area contributed by atoms with Gasteiger partial charge < -0.3 is 43.7 Å². The molecule has 3 aliphatic heterocycles. The molecule has 2 aromatic heterocycles. The number of ether oxygens (including phenoxy) is 4. The van der Waals surface area contributed by atoms with Crippen molar-refractivity contribution >= 4 is 41.7 Å². The third-order valence-electron chi connectivity index (χ3n) is 10.3. The van der Waals surface area contributed by atoms with E-state index in [0.717, 1.165) is 48.3 Å². The Hall–Kier alpha value is -6.03. The van der Waals surface area contributed by atoms with Gasteiger partial charge in [0.05, 0.1) is 26.2 Å². The highest BCUT2D eigenvalue weighted by Gasteiger charge is 2.37. The van der Waals surface area contributed by atoms with Gasteiger partial charge in [0, 0.05) is 22.8 Å². The van der Waals surface area contributed by atoms with E-state index in [1.165, 1.54) is 26.6 Å². The zero-order valence-corrected chi connectivity index (χ0v) is 33.6. The van der Waals surface area contributed by atoms with E-state index in [1.54, 1.807) is 36.4 Å². The first-order chi connectivity index (χ1) is 28.5. The fourth-order valence-corrected chi connectivity index (χ4v) is 8.07. The molecule has 3 N–H and O–H groups in total. The Labute approximate surface area is 349 Å². The highest BCUT2D eigenvalue weighted by Crippen LogP contribution is 2.39. The van der Waals surface area contributed by atoms with E-state index in [4.69, 9.17) is 56.5 Å². The number of aromatic nitrogens is 2. The second-order valence-electron chi connectivity index (χ2n) is 13.8. The number of halogens is 2. The van der Waals surface area contributed by atoms with Gasteiger partial charge in [-0.3, -0.25) is 14.9 Å². The average molecular weight is 850 g/mol. The van der Waals surface area contributed by atoms with Crippen LogP contribution in [0.15, 0.2) is 89.6 Å². The number of carbonyl (C=O) groups is 3. The molecule has 3 atom stereocenters. The van der Waals surface area contributed by atoms with Crippen LogP contribution in [-0.2, 0) is 22.6 Å². The third kappa shape index (κ3) is 10.4. The molecule has 3 aliphatic rings. The number of carboxylic acids is 1. The minimum atomic E-state index is -1.57. The number of amides is 1. The number of carboxylic acid groups (broad SMARTS) is 2. The van der Waals surface area contributed by atoms with Crippen molar-refractivity contribution < 1.29 is 57.9 Å². The summed E-state index contributed by atoms with van der Waals surface area (Å²) in [5, 5.41) is 32.8. The topological polar surface area (TPSA) is 197 Å². The predicted octanol–water partition coefficient (Wildman–Crippen LogP) is 5.45. The highest BCUT2D eigenvalue weighted by molar-refractivity contribution is 6.35. The smallest absolute Gasteiger partial charge is 0.408 e. The van der Waals surface area contributed by atoms with Crippen LogP contribution >= 0.6 is 23.2 Å². The highest BCUT2D eigenvalue weighted by atomic mass is 35.5. The molecular weight excluding hydrogens is 807 g/mol. The lowest BCUT2D eigenvalue weighted by Crippen LogP contribution is -2.52. The van der Waals surface area contributed by atoms with Crippen molar-refractivity contribution in [2.24, 2.45) is 5.92 Å². The molecule has 15 nitrogen and oxygen atoms in total. The van der Waals surface area contributed by atoms with Crippen LogP contribution in [0.3, 0.4) is 0 Å². The molecule has 17 heteroatoms. The Kier molecular flexibility index (Phi) is 14.2. The Morgan fingerprint density at radius 1 is 0.983 bits per heavy atom. The Morgan fingerprint density at radius 2 is 1.66 bits per heavy atom. The molecule has 59 heavy (non-hydrogen) atoms. The summed E-state index contributed by atoms with van der Waals surface area (Å²) in [5.41, 5.74) is 2.13. The lowest BCUT2D eigenvalue weighted by molar-refractivity contribution is -0.904. The van der Waals surface area contributed by atoms with Gasteiger partial charge in [0.2, 0.25) is 18.3 Å². The number of nitrogens with zero attached hydrogens (tertiary/aromatic N) is 3. The number of pyridine rings is 1. The first kappa shape index (κ1) is 42.6.